The number of benzene rings is 2. The van der Waals surface area contributed by atoms with Crippen LogP contribution in [0.5, 0.6) is 0 Å². The van der Waals surface area contributed by atoms with Crippen molar-refractivity contribution in [2.24, 2.45) is 0 Å². The molecule has 142 valence electrons. The Hall–Kier alpha value is -3.92. The van der Waals surface area contributed by atoms with Crippen molar-refractivity contribution >= 4 is 45.2 Å². The summed E-state index contributed by atoms with van der Waals surface area (Å²) in [6.45, 7) is 0.511. The molecule has 0 spiro atoms. The van der Waals surface area contributed by atoms with Crippen LogP contribution in [0.4, 0.5) is 5.69 Å². The fourth-order valence-electron chi connectivity index (χ4n) is 3.00. The Morgan fingerprint density at radius 1 is 1.07 bits per heavy atom. The van der Waals surface area contributed by atoms with Gasteiger partial charge in [-0.15, -0.1) is 10.2 Å². The van der Waals surface area contributed by atoms with Gasteiger partial charge >= 0.3 is 0 Å². The average Bonchev–Trinajstić information content (AvgIpc) is 3.43. The number of imidazole rings is 1. The number of hydrogen-bond donors (Lipinski definition) is 0. The number of fused-ring (bicyclic) bond motifs is 2. The van der Waals surface area contributed by atoms with E-state index in [1.165, 1.54) is 23.5 Å². The van der Waals surface area contributed by atoms with Gasteiger partial charge in [0.15, 0.2) is 5.82 Å². The highest BCUT2D eigenvalue weighted by atomic mass is 32.1. The predicted octanol–water partition coefficient (Wildman–Crippen LogP) is 3.66. The largest absolute Gasteiger partial charge is 0.323 e. The Labute approximate surface area is 167 Å². The van der Waals surface area contributed by atoms with Gasteiger partial charge in [0.05, 0.1) is 28.8 Å². The topological polar surface area (TPSA) is 104 Å². The van der Waals surface area contributed by atoms with Crippen LogP contribution in [-0.4, -0.2) is 34.3 Å². The maximum Gasteiger partial charge on any atom is 0.269 e. The zero-order chi connectivity index (χ0) is 19.8. The van der Waals surface area contributed by atoms with E-state index in [-0.39, 0.29) is 5.69 Å². The van der Waals surface area contributed by atoms with E-state index in [0.717, 1.165) is 27.4 Å². The molecule has 3 aromatic heterocycles. The minimum atomic E-state index is -0.415. The Morgan fingerprint density at radius 2 is 1.90 bits per heavy atom. The number of rotatable bonds is 5. The first-order valence-electron chi connectivity index (χ1n) is 8.71. The number of nitrogens with zero attached hydrogens (tertiary/aromatic N) is 7. The minimum Gasteiger partial charge on any atom is -0.323 e. The summed E-state index contributed by atoms with van der Waals surface area (Å²) in [6, 6.07) is 14.3. The van der Waals surface area contributed by atoms with E-state index >= 15 is 0 Å². The van der Waals surface area contributed by atoms with Crippen molar-refractivity contribution in [1.29, 1.82) is 0 Å². The molecule has 0 amide bonds. The third kappa shape index (κ3) is 3.25. The van der Waals surface area contributed by atoms with Crippen molar-refractivity contribution in [3.8, 4) is 0 Å². The second kappa shape index (κ2) is 6.91. The van der Waals surface area contributed by atoms with E-state index in [9.17, 15) is 10.1 Å². The van der Waals surface area contributed by atoms with E-state index in [1.807, 2.05) is 41.0 Å². The zero-order valence-electron chi connectivity index (χ0n) is 14.9. The van der Waals surface area contributed by atoms with Crippen molar-refractivity contribution in [2.75, 3.05) is 0 Å². The molecule has 0 bridgehead atoms. The Bertz CT molecular complexity index is 1360. The highest BCUT2D eigenvalue weighted by molar-refractivity contribution is 7.17. The van der Waals surface area contributed by atoms with Crippen molar-refractivity contribution in [1.82, 2.24) is 29.4 Å². The number of nitro benzene ring substituents is 1. The Balaban J connectivity index is 1.40. The van der Waals surface area contributed by atoms with Gasteiger partial charge in [0.1, 0.15) is 5.01 Å². The molecule has 0 aliphatic rings. The summed E-state index contributed by atoms with van der Waals surface area (Å²) < 4.78 is 3.74. The molecule has 5 aromatic rings. The predicted molar refractivity (Wildman–Crippen MR) is 110 cm³/mol. The third-order valence-electron chi connectivity index (χ3n) is 4.43. The SMILES string of the molecule is O=[N+]([O-])c1ccc(C=Cc2nn3c(Cn4cnc5ccccc54)nnc3s2)cc1. The molecule has 0 fully saturated rings. The quantitative estimate of drug-likeness (QED) is 0.328. The van der Waals surface area contributed by atoms with Crippen LogP contribution < -0.4 is 0 Å². The van der Waals surface area contributed by atoms with Crippen molar-refractivity contribution in [3.63, 3.8) is 0 Å². The summed E-state index contributed by atoms with van der Waals surface area (Å²) >= 11 is 1.42. The smallest absolute Gasteiger partial charge is 0.269 e. The number of nitro groups is 1. The maximum atomic E-state index is 10.7. The van der Waals surface area contributed by atoms with Gasteiger partial charge in [-0.2, -0.15) is 9.61 Å². The standard InChI is InChI=1S/C19H13N7O2S/c27-26(28)14-8-5-13(6-9-14)7-10-18-23-25-17(21-22-19(25)29-18)11-24-12-20-15-3-1-2-4-16(15)24/h1-10,12H,11H2. The molecule has 2 aromatic carbocycles. The normalized spacial score (nSPS) is 11.7. The molecule has 9 nitrogen and oxygen atoms in total. The molecule has 10 heteroatoms. The molecule has 0 aliphatic carbocycles. The molecule has 0 N–H and O–H groups in total. The van der Waals surface area contributed by atoms with Gasteiger partial charge < -0.3 is 4.57 Å². The van der Waals surface area contributed by atoms with Crippen molar-refractivity contribution in [2.45, 2.75) is 6.54 Å². The highest BCUT2D eigenvalue weighted by Crippen LogP contribution is 2.19. The molecule has 0 aliphatic heterocycles. The van der Waals surface area contributed by atoms with Gasteiger partial charge in [-0.1, -0.05) is 29.5 Å². The van der Waals surface area contributed by atoms with Crippen molar-refractivity contribution in [3.05, 3.63) is 81.4 Å². The fraction of sp³-hybridized carbons (Fsp3) is 0.0526. The molecular formula is C19H13N7O2S. The maximum absolute atomic E-state index is 10.7. The van der Waals surface area contributed by atoms with Gasteiger partial charge in [0.2, 0.25) is 4.96 Å². The second-order valence-electron chi connectivity index (χ2n) is 6.29. The van der Waals surface area contributed by atoms with Crippen LogP contribution in [0.2, 0.25) is 0 Å². The number of para-hydroxylation sites is 2. The van der Waals surface area contributed by atoms with Crippen molar-refractivity contribution < 1.29 is 4.92 Å². The zero-order valence-corrected chi connectivity index (χ0v) is 15.7. The average molecular weight is 403 g/mol. The lowest BCUT2D eigenvalue weighted by Crippen LogP contribution is -2.04. The number of hydrogen-bond acceptors (Lipinski definition) is 7. The number of aromatic nitrogens is 6. The third-order valence-corrected chi connectivity index (χ3v) is 5.30. The molecule has 0 atom stereocenters. The lowest BCUT2D eigenvalue weighted by atomic mass is 10.2. The monoisotopic (exact) mass is 403 g/mol. The first-order chi connectivity index (χ1) is 14.2. The highest BCUT2D eigenvalue weighted by Gasteiger charge is 2.12. The summed E-state index contributed by atoms with van der Waals surface area (Å²) in [7, 11) is 0. The Morgan fingerprint density at radius 3 is 2.72 bits per heavy atom. The van der Waals surface area contributed by atoms with Crippen LogP contribution in [0.3, 0.4) is 0 Å². The molecule has 0 unspecified atom stereocenters. The van der Waals surface area contributed by atoms with E-state index in [0.29, 0.717) is 11.5 Å². The summed E-state index contributed by atoms with van der Waals surface area (Å²) in [4.78, 5) is 15.4. The molecule has 29 heavy (non-hydrogen) atoms. The van der Waals surface area contributed by atoms with Crippen LogP contribution in [0.25, 0.3) is 28.1 Å². The number of non-ortho nitro benzene ring substituents is 1. The lowest BCUT2D eigenvalue weighted by molar-refractivity contribution is -0.384. The minimum absolute atomic E-state index is 0.0672. The van der Waals surface area contributed by atoms with E-state index in [1.54, 1.807) is 23.0 Å². The van der Waals surface area contributed by atoms with Gasteiger partial charge in [0, 0.05) is 12.1 Å². The first-order valence-corrected chi connectivity index (χ1v) is 9.52. The van der Waals surface area contributed by atoms with Gasteiger partial charge in [-0.25, -0.2) is 4.98 Å². The fourth-order valence-corrected chi connectivity index (χ4v) is 3.76. The van der Waals surface area contributed by atoms with Crippen LogP contribution in [0.15, 0.2) is 54.9 Å². The Kier molecular flexibility index (Phi) is 4.10. The molecular weight excluding hydrogens is 390 g/mol. The first kappa shape index (κ1) is 17.2. The second-order valence-corrected chi connectivity index (χ2v) is 7.28. The van der Waals surface area contributed by atoms with E-state index in [4.69, 9.17) is 0 Å². The summed E-state index contributed by atoms with van der Waals surface area (Å²) in [5.41, 5.74) is 2.88. The van der Waals surface area contributed by atoms with E-state index < -0.39 is 4.92 Å². The van der Waals surface area contributed by atoms with Gasteiger partial charge in [0.25, 0.3) is 5.69 Å². The van der Waals surface area contributed by atoms with Crippen LogP contribution >= 0.6 is 11.3 Å². The summed E-state index contributed by atoms with van der Waals surface area (Å²) in [5, 5.41) is 24.5. The van der Waals surface area contributed by atoms with Crippen LogP contribution in [0.1, 0.15) is 16.4 Å². The van der Waals surface area contributed by atoms with Gasteiger partial charge in [-0.3, -0.25) is 10.1 Å². The molecule has 0 radical (unpaired) electrons. The van der Waals surface area contributed by atoms with E-state index in [2.05, 4.69) is 20.3 Å². The van der Waals surface area contributed by atoms with Gasteiger partial charge in [-0.05, 0) is 35.9 Å². The summed E-state index contributed by atoms with van der Waals surface area (Å²) in [6.07, 6.45) is 5.50. The van der Waals surface area contributed by atoms with Crippen LogP contribution in [-0.2, 0) is 6.54 Å². The lowest BCUT2D eigenvalue weighted by Gasteiger charge is -2.01. The molecule has 5 rings (SSSR count). The van der Waals surface area contributed by atoms with Crippen LogP contribution in [0, 0.1) is 10.1 Å². The molecule has 0 saturated carbocycles. The molecule has 3 heterocycles. The summed E-state index contributed by atoms with van der Waals surface area (Å²) in [5.74, 6) is 0.717. The molecule has 0 saturated heterocycles.